The first kappa shape index (κ1) is 13.8. The maximum absolute atomic E-state index is 12.2. The summed E-state index contributed by atoms with van der Waals surface area (Å²) in [7, 11) is 1.86. The molecule has 1 saturated heterocycles. The second kappa shape index (κ2) is 6.53. The van der Waals surface area contributed by atoms with Crippen LogP contribution in [-0.2, 0) is 9.53 Å². The molecule has 2 aliphatic rings. The summed E-state index contributed by atoms with van der Waals surface area (Å²) < 4.78 is 5.32. The lowest BCUT2D eigenvalue weighted by Crippen LogP contribution is -2.47. The molecule has 2 unspecified atom stereocenters. The molecule has 2 atom stereocenters. The van der Waals surface area contributed by atoms with Gasteiger partial charge >= 0.3 is 0 Å². The molecule has 0 bridgehead atoms. The van der Waals surface area contributed by atoms with Crippen LogP contribution in [0.4, 0.5) is 0 Å². The highest BCUT2D eigenvalue weighted by molar-refractivity contribution is 5.81. The molecule has 0 aromatic carbocycles. The second-order valence-corrected chi connectivity index (χ2v) is 5.81. The van der Waals surface area contributed by atoms with E-state index in [1.165, 1.54) is 32.1 Å². The van der Waals surface area contributed by atoms with Crippen molar-refractivity contribution < 1.29 is 9.53 Å². The van der Waals surface area contributed by atoms with Crippen LogP contribution in [0.3, 0.4) is 0 Å². The Labute approximate surface area is 110 Å². The molecule has 2 rings (SSSR count). The van der Waals surface area contributed by atoms with E-state index < -0.39 is 0 Å². The fraction of sp³-hybridized carbons (Fsp3) is 0.929. The lowest BCUT2D eigenvalue weighted by Gasteiger charge is -2.29. The Hall–Kier alpha value is -0.610. The van der Waals surface area contributed by atoms with Gasteiger partial charge in [0.05, 0.1) is 18.7 Å². The summed E-state index contributed by atoms with van der Waals surface area (Å²) in [6.07, 6.45) is 8.25. The number of likely N-dealkylation sites (N-methyl/N-ethyl adjacent to an activating group) is 1. The molecule has 1 saturated carbocycles. The van der Waals surface area contributed by atoms with Crippen LogP contribution in [0, 0.1) is 5.92 Å². The van der Waals surface area contributed by atoms with Crippen molar-refractivity contribution in [3.63, 3.8) is 0 Å². The molecule has 0 radical (unpaired) electrons. The number of hydrogen-bond donors (Lipinski definition) is 1. The summed E-state index contributed by atoms with van der Waals surface area (Å²) >= 11 is 0. The van der Waals surface area contributed by atoms with Crippen molar-refractivity contribution in [3.8, 4) is 0 Å². The third kappa shape index (κ3) is 3.45. The standard InChI is InChI=1S/C14H26N2O2/c1-16(12-7-8-18-10-12)14(17)13(15)9-11-5-3-2-4-6-11/h11-13H,2-10,15H2,1H3. The third-order valence-electron chi connectivity index (χ3n) is 4.43. The normalized spacial score (nSPS) is 27.1. The topological polar surface area (TPSA) is 55.6 Å². The number of hydrogen-bond acceptors (Lipinski definition) is 3. The van der Waals surface area contributed by atoms with Gasteiger partial charge in [-0.3, -0.25) is 4.79 Å². The molecule has 1 aliphatic carbocycles. The lowest BCUT2D eigenvalue weighted by molar-refractivity contribution is -0.133. The second-order valence-electron chi connectivity index (χ2n) is 5.81. The highest BCUT2D eigenvalue weighted by Gasteiger charge is 2.29. The molecule has 4 heteroatoms. The van der Waals surface area contributed by atoms with Crippen molar-refractivity contribution in [1.29, 1.82) is 0 Å². The predicted molar refractivity (Wildman–Crippen MR) is 71.2 cm³/mol. The zero-order chi connectivity index (χ0) is 13.0. The highest BCUT2D eigenvalue weighted by atomic mass is 16.5. The third-order valence-corrected chi connectivity index (χ3v) is 4.43. The zero-order valence-electron chi connectivity index (χ0n) is 11.4. The van der Waals surface area contributed by atoms with Gasteiger partial charge in [-0.15, -0.1) is 0 Å². The van der Waals surface area contributed by atoms with E-state index in [2.05, 4.69) is 0 Å². The maximum Gasteiger partial charge on any atom is 0.239 e. The minimum atomic E-state index is -0.321. The molecule has 104 valence electrons. The van der Waals surface area contributed by atoms with Gasteiger partial charge in [0, 0.05) is 13.7 Å². The van der Waals surface area contributed by atoms with Crippen molar-refractivity contribution >= 4 is 5.91 Å². The number of carbonyl (C=O) groups excluding carboxylic acids is 1. The van der Waals surface area contributed by atoms with Crippen LogP contribution in [0.15, 0.2) is 0 Å². The Morgan fingerprint density at radius 1 is 1.33 bits per heavy atom. The number of rotatable bonds is 4. The van der Waals surface area contributed by atoms with Crippen molar-refractivity contribution in [1.82, 2.24) is 4.90 Å². The number of carbonyl (C=O) groups is 1. The van der Waals surface area contributed by atoms with Gasteiger partial charge in [-0.1, -0.05) is 32.1 Å². The van der Waals surface area contributed by atoms with E-state index >= 15 is 0 Å². The Bertz CT molecular complexity index is 271. The summed E-state index contributed by atoms with van der Waals surface area (Å²) in [5.74, 6) is 0.752. The van der Waals surface area contributed by atoms with Crippen LogP contribution < -0.4 is 5.73 Å². The van der Waals surface area contributed by atoms with Crippen molar-refractivity contribution in [2.24, 2.45) is 11.7 Å². The first-order valence-corrected chi connectivity index (χ1v) is 7.28. The van der Waals surface area contributed by atoms with Crippen LogP contribution in [0.25, 0.3) is 0 Å². The molecule has 18 heavy (non-hydrogen) atoms. The highest BCUT2D eigenvalue weighted by Crippen LogP contribution is 2.27. The Kier molecular flexibility index (Phi) is 5.01. The van der Waals surface area contributed by atoms with E-state index in [9.17, 15) is 4.79 Å². The number of nitrogens with zero attached hydrogens (tertiary/aromatic N) is 1. The maximum atomic E-state index is 12.2. The molecule has 1 aliphatic heterocycles. The van der Waals surface area contributed by atoms with Gasteiger partial charge in [0.1, 0.15) is 0 Å². The quantitative estimate of drug-likeness (QED) is 0.828. The summed E-state index contributed by atoms with van der Waals surface area (Å²) in [5.41, 5.74) is 6.08. The SMILES string of the molecule is CN(C(=O)C(N)CC1CCCCC1)C1CCOC1. The average molecular weight is 254 g/mol. The van der Waals surface area contributed by atoms with Gasteiger partial charge in [0.2, 0.25) is 5.91 Å². The first-order chi connectivity index (χ1) is 8.68. The summed E-state index contributed by atoms with van der Waals surface area (Å²) in [5, 5.41) is 0. The molecule has 2 N–H and O–H groups in total. The van der Waals surface area contributed by atoms with Gasteiger partial charge in [-0.2, -0.15) is 0 Å². The molecular formula is C14H26N2O2. The smallest absolute Gasteiger partial charge is 0.239 e. The van der Waals surface area contributed by atoms with Gasteiger partial charge < -0.3 is 15.4 Å². The summed E-state index contributed by atoms with van der Waals surface area (Å²) in [6.45, 7) is 1.43. The predicted octanol–water partition coefficient (Wildman–Crippen LogP) is 1.53. The van der Waals surface area contributed by atoms with E-state index in [1.807, 2.05) is 7.05 Å². The van der Waals surface area contributed by atoms with Crippen LogP contribution in [-0.4, -0.2) is 43.2 Å². The Morgan fingerprint density at radius 3 is 2.67 bits per heavy atom. The van der Waals surface area contributed by atoms with Crippen molar-refractivity contribution in [2.75, 3.05) is 20.3 Å². The lowest BCUT2D eigenvalue weighted by atomic mass is 9.84. The van der Waals surface area contributed by atoms with E-state index in [1.54, 1.807) is 4.90 Å². The molecule has 0 aromatic heterocycles. The van der Waals surface area contributed by atoms with Crippen molar-refractivity contribution in [3.05, 3.63) is 0 Å². The minimum Gasteiger partial charge on any atom is -0.379 e. The van der Waals surface area contributed by atoms with Gasteiger partial charge in [-0.05, 0) is 18.8 Å². The monoisotopic (exact) mass is 254 g/mol. The van der Waals surface area contributed by atoms with Gasteiger partial charge in [-0.25, -0.2) is 0 Å². The largest absolute Gasteiger partial charge is 0.379 e. The van der Waals surface area contributed by atoms with Gasteiger partial charge in [0.15, 0.2) is 0 Å². The van der Waals surface area contributed by atoms with Gasteiger partial charge in [0.25, 0.3) is 0 Å². The zero-order valence-corrected chi connectivity index (χ0v) is 11.4. The van der Waals surface area contributed by atoms with Crippen LogP contribution in [0.2, 0.25) is 0 Å². The molecule has 0 aromatic rings. The Balaban J connectivity index is 1.79. The number of nitrogens with two attached hydrogens (primary N) is 1. The molecule has 0 spiro atoms. The molecular weight excluding hydrogens is 228 g/mol. The van der Waals surface area contributed by atoms with Crippen LogP contribution >= 0.6 is 0 Å². The molecule has 1 amide bonds. The van der Waals surface area contributed by atoms with Crippen LogP contribution in [0.5, 0.6) is 0 Å². The first-order valence-electron chi connectivity index (χ1n) is 7.28. The molecule has 2 fully saturated rings. The van der Waals surface area contributed by atoms with E-state index in [0.717, 1.165) is 19.4 Å². The minimum absolute atomic E-state index is 0.0936. The van der Waals surface area contributed by atoms with Crippen molar-refractivity contribution in [2.45, 2.75) is 57.0 Å². The van der Waals surface area contributed by atoms with E-state index in [-0.39, 0.29) is 18.0 Å². The summed E-state index contributed by atoms with van der Waals surface area (Å²) in [6, 6.07) is -0.0893. The number of ether oxygens (including phenoxy) is 1. The fourth-order valence-corrected chi connectivity index (χ4v) is 3.15. The average Bonchev–Trinajstić information content (AvgIpc) is 2.92. The molecule has 1 heterocycles. The van der Waals surface area contributed by atoms with E-state index in [0.29, 0.717) is 12.5 Å². The van der Waals surface area contributed by atoms with E-state index in [4.69, 9.17) is 10.5 Å². The Morgan fingerprint density at radius 2 is 2.06 bits per heavy atom. The summed E-state index contributed by atoms with van der Waals surface area (Å²) in [4.78, 5) is 14.1. The molecule has 4 nitrogen and oxygen atoms in total. The van der Waals surface area contributed by atoms with Crippen LogP contribution in [0.1, 0.15) is 44.9 Å². The number of amides is 1. The fourth-order valence-electron chi connectivity index (χ4n) is 3.15.